The Morgan fingerprint density at radius 1 is 0.750 bits per heavy atom. The molecule has 2 heterocycles. The zero-order valence-corrected chi connectivity index (χ0v) is 17.3. The van der Waals surface area contributed by atoms with Crippen LogP contribution in [-0.4, -0.2) is 5.78 Å². The van der Waals surface area contributed by atoms with Crippen LogP contribution in [0.2, 0.25) is 0 Å². The molecular formula is C27H22N2O3. The molecule has 0 bridgehead atoms. The summed E-state index contributed by atoms with van der Waals surface area (Å²) in [5, 5.41) is 14.3. The summed E-state index contributed by atoms with van der Waals surface area (Å²) in [6, 6.07) is 33.8. The van der Waals surface area contributed by atoms with Gasteiger partial charge in [0.15, 0.2) is 6.20 Å². The molecule has 4 aromatic rings. The van der Waals surface area contributed by atoms with Gasteiger partial charge in [0, 0.05) is 12.1 Å². The molecule has 3 atom stereocenters. The summed E-state index contributed by atoms with van der Waals surface area (Å²) >= 11 is 0. The zero-order chi connectivity index (χ0) is 21.9. The van der Waals surface area contributed by atoms with Crippen LogP contribution in [0, 0.1) is 11.1 Å². The van der Waals surface area contributed by atoms with Crippen LogP contribution in [0.5, 0.6) is 0 Å². The van der Waals surface area contributed by atoms with Crippen LogP contribution >= 0.6 is 0 Å². The van der Waals surface area contributed by atoms with Crippen LogP contribution < -0.4 is 9.79 Å². The zero-order valence-electron chi connectivity index (χ0n) is 17.3. The summed E-state index contributed by atoms with van der Waals surface area (Å²) in [5.74, 6) is -0.871. The molecule has 1 aliphatic rings. The molecule has 0 aliphatic carbocycles. The maximum Gasteiger partial charge on any atom is 0.260 e. The molecule has 0 unspecified atom stereocenters. The number of anilines is 1. The number of ketones is 1. The Hall–Kier alpha value is -3.96. The minimum Gasteiger partial charge on any atom is -0.618 e. The first-order valence-corrected chi connectivity index (χ1v) is 10.6. The highest BCUT2D eigenvalue weighted by atomic mass is 16.7. The predicted octanol–water partition coefficient (Wildman–Crippen LogP) is 5.05. The molecule has 5 heteroatoms. The second kappa shape index (κ2) is 8.65. The predicted molar refractivity (Wildman–Crippen MR) is 122 cm³/mol. The molecule has 3 aromatic carbocycles. The summed E-state index contributed by atoms with van der Waals surface area (Å²) in [6.07, 6.45) is 0.807. The molecule has 158 valence electrons. The van der Waals surface area contributed by atoms with Crippen molar-refractivity contribution in [2.45, 2.75) is 12.1 Å². The van der Waals surface area contributed by atoms with Crippen LogP contribution in [0.3, 0.4) is 0 Å². The van der Waals surface area contributed by atoms with Gasteiger partial charge in [0.25, 0.3) is 5.69 Å². The minimum absolute atomic E-state index is 0.109. The normalized spacial score (nSPS) is 20.2. The topological polar surface area (TPSA) is 56.5 Å². The Bertz CT molecular complexity index is 1200. The van der Waals surface area contributed by atoms with E-state index < -0.39 is 18.1 Å². The van der Waals surface area contributed by atoms with Gasteiger partial charge < -0.3 is 5.21 Å². The van der Waals surface area contributed by atoms with Gasteiger partial charge in [-0.1, -0.05) is 78.9 Å². The highest BCUT2D eigenvalue weighted by molar-refractivity contribution is 5.96. The van der Waals surface area contributed by atoms with Crippen molar-refractivity contribution in [2.24, 2.45) is 5.92 Å². The third-order valence-electron chi connectivity index (χ3n) is 5.81. The smallest absolute Gasteiger partial charge is 0.260 e. The lowest BCUT2D eigenvalue weighted by Gasteiger charge is -2.26. The molecule has 5 nitrogen and oxygen atoms in total. The summed E-state index contributed by atoms with van der Waals surface area (Å²) in [7, 11) is 0. The van der Waals surface area contributed by atoms with Crippen molar-refractivity contribution < 1.29 is 14.4 Å². The molecule has 1 aromatic heterocycles. The standard InChI is InChI=1S/C27H22N2O3/c30-26(23-18-10-11-19-28(23)31)24-25(20-12-4-1-5-13-20)29(22-16-8-3-9-17-22)32-27(24)21-14-6-2-7-15-21/h1-19,24-25,27H/t24-,25+,27-/m0/s1. The molecule has 0 saturated carbocycles. The van der Waals surface area contributed by atoms with E-state index in [0.717, 1.165) is 16.8 Å². The van der Waals surface area contributed by atoms with E-state index in [2.05, 4.69) is 0 Å². The fourth-order valence-corrected chi connectivity index (χ4v) is 4.34. The van der Waals surface area contributed by atoms with Gasteiger partial charge in [0.05, 0.1) is 17.6 Å². The van der Waals surface area contributed by atoms with E-state index in [-0.39, 0.29) is 11.5 Å². The summed E-state index contributed by atoms with van der Waals surface area (Å²) in [6.45, 7) is 0. The highest BCUT2D eigenvalue weighted by Crippen LogP contribution is 2.49. The first-order chi connectivity index (χ1) is 15.7. The second-order valence-corrected chi connectivity index (χ2v) is 7.76. The molecule has 0 amide bonds. The first-order valence-electron chi connectivity index (χ1n) is 10.6. The van der Waals surface area contributed by atoms with Crippen LogP contribution in [0.15, 0.2) is 115 Å². The fourth-order valence-electron chi connectivity index (χ4n) is 4.34. The van der Waals surface area contributed by atoms with Gasteiger partial charge in [-0.2, -0.15) is 4.73 Å². The number of Topliss-reactive ketones (excluding diaryl/α,β-unsaturated/α-hetero) is 1. The molecule has 0 radical (unpaired) electrons. The second-order valence-electron chi connectivity index (χ2n) is 7.76. The van der Waals surface area contributed by atoms with Crippen molar-refractivity contribution in [3.63, 3.8) is 0 Å². The number of aromatic nitrogens is 1. The number of carbonyl (C=O) groups is 1. The number of benzene rings is 3. The number of hydrogen-bond donors (Lipinski definition) is 0. The lowest BCUT2D eigenvalue weighted by Crippen LogP contribution is -2.38. The monoisotopic (exact) mass is 422 g/mol. The Morgan fingerprint density at radius 3 is 1.94 bits per heavy atom. The number of carbonyl (C=O) groups excluding carboxylic acids is 1. The van der Waals surface area contributed by atoms with Gasteiger partial charge in [-0.15, -0.1) is 0 Å². The number of pyridine rings is 1. The van der Waals surface area contributed by atoms with Crippen molar-refractivity contribution in [3.8, 4) is 0 Å². The molecule has 0 N–H and O–H groups in total. The number of rotatable bonds is 5. The van der Waals surface area contributed by atoms with E-state index in [0.29, 0.717) is 4.73 Å². The van der Waals surface area contributed by atoms with Crippen molar-refractivity contribution >= 4 is 11.5 Å². The lowest BCUT2D eigenvalue weighted by atomic mass is 9.82. The van der Waals surface area contributed by atoms with E-state index in [1.165, 1.54) is 6.20 Å². The molecule has 32 heavy (non-hydrogen) atoms. The molecule has 1 aliphatic heterocycles. The highest BCUT2D eigenvalue weighted by Gasteiger charge is 2.50. The van der Waals surface area contributed by atoms with Gasteiger partial charge in [0.1, 0.15) is 6.10 Å². The number of hydroxylamine groups is 1. The Labute approximate surface area is 186 Å². The maximum atomic E-state index is 13.9. The number of nitrogens with zero attached hydrogens (tertiary/aromatic N) is 2. The van der Waals surface area contributed by atoms with Gasteiger partial charge in [-0.25, -0.2) is 5.06 Å². The molecular weight excluding hydrogens is 400 g/mol. The fraction of sp³-hybridized carbons (Fsp3) is 0.111. The maximum absolute atomic E-state index is 13.9. The van der Waals surface area contributed by atoms with Crippen molar-refractivity contribution in [2.75, 3.05) is 5.06 Å². The third kappa shape index (κ3) is 3.63. The Balaban J connectivity index is 1.69. The van der Waals surface area contributed by atoms with Gasteiger partial charge in [0.2, 0.25) is 5.78 Å². The van der Waals surface area contributed by atoms with Crippen molar-refractivity contribution in [1.82, 2.24) is 0 Å². The average Bonchev–Trinajstić information content (AvgIpc) is 3.26. The third-order valence-corrected chi connectivity index (χ3v) is 5.81. The summed E-state index contributed by atoms with van der Waals surface area (Å²) in [5.41, 5.74) is 2.79. The molecule has 1 saturated heterocycles. The van der Waals surface area contributed by atoms with E-state index in [1.54, 1.807) is 18.2 Å². The van der Waals surface area contributed by atoms with Crippen LogP contribution in [0.25, 0.3) is 0 Å². The average molecular weight is 422 g/mol. The van der Waals surface area contributed by atoms with Gasteiger partial charge >= 0.3 is 0 Å². The van der Waals surface area contributed by atoms with Gasteiger partial charge in [-0.05, 0) is 29.3 Å². The number of hydrogen-bond acceptors (Lipinski definition) is 4. The molecule has 5 rings (SSSR count). The first kappa shape index (κ1) is 20.0. The number of para-hydroxylation sites is 1. The lowest BCUT2D eigenvalue weighted by molar-refractivity contribution is -0.607. The summed E-state index contributed by atoms with van der Waals surface area (Å²) in [4.78, 5) is 20.4. The van der Waals surface area contributed by atoms with E-state index >= 15 is 0 Å². The summed E-state index contributed by atoms with van der Waals surface area (Å²) < 4.78 is 0.637. The SMILES string of the molecule is O=C(c1cccc[n+]1[O-])[C@@H]1[C@@H](c2ccccc2)N(c2ccccc2)O[C@H]1c1ccccc1. The van der Waals surface area contributed by atoms with Gasteiger partial charge in [-0.3, -0.25) is 9.63 Å². The Morgan fingerprint density at radius 2 is 1.31 bits per heavy atom. The van der Waals surface area contributed by atoms with Crippen LogP contribution in [-0.2, 0) is 4.84 Å². The largest absolute Gasteiger partial charge is 0.618 e. The molecule has 1 fully saturated rings. The Kier molecular flexibility index (Phi) is 5.40. The quantitative estimate of drug-likeness (QED) is 0.256. The molecule has 0 spiro atoms. The minimum atomic E-state index is -0.623. The van der Waals surface area contributed by atoms with Crippen LogP contribution in [0.4, 0.5) is 5.69 Å². The van der Waals surface area contributed by atoms with E-state index in [9.17, 15) is 10.0 Å². The van der Waals surface area contributed by atoms with Crippen molar-refractivity contribution in [1.29, 1.82) is 0 Å². The van der Waals surface area contributed by atoms with Crippen molar-refractivity contribution in [3.05, 3.63) is 137 Å². The van der Waals surface area contributed by atoms with Crippen LogP contribution in [0.1, 0.15) is 33.8 Å². The van der Waals surface area contributed by atoms with E-state index in [1.807, 2.05) is 96.1 Å². The van der Waals surface area contributed by atoms with E-state index in [4.69, 9.17) is 4.84 Å².